The van der Waals surface area contributed by atoms with E-state index in [0.29, 0.717) is 64.7 Å². The standard InChI is InChI=1S/C25H26BrFN4O5S/c1-34-24(32)13-7-15-11-36-12-16(8-13)31(15)10-19-20(25(33)35-2)21(17-4-3-14(27)9-18(17)26)30-22(29-19)23-28-5-6-37-23/h3-6,9,13,15-16,21H,7-8,10-12H2,1-2H3,(H,29,30). The fourth-order valence-electron chi connectivity index (χ4n) is 5.26. The number of ether oxygens (including phenoxy) is 3. The summed E-state index contributed by atoms with van der Waals surface area (Å²) in [5, 5.41) is 5.86. The summed E-state index contributed by atoms with van der Waals surface area (Å²) in [6.07, 6.45) is 2.89. The number of piperidine rings is 1. The van der Waals surface area contributed by atoms with Gasteiger partial charge in [-0.25, -0.2) is 14.2 Å². The van der Waals surface area contributed by atoms with E-state index in [0.717, 1.165) is 0 Å². The second-order valence-corrected chi connectivity index (χ2v) is 10.8. The Hall–Kier alpha value is -2.67. The van der Waals surface area contributed by atoms with Crippen LogP contribution in [0, 0.1) is 11.7 Å². The highest BCUT2D eigenvalue weighted by Gasteiger charge is 2.43. The lowest BCUT2D eigenvalue weighted by Gasteiger charge is -2.48. The van der Waals surface area contributed by atoms with Gasteiger partial charge in [0, 0.05) is 40.4 Å². The first-order chi connectivity index (χ1) is 17.9. The number of esters is 2. The number of morpholine rings is 1. The molecule has 12 heteroatoms. The van der Waals surface area contributed by atoms with E-state index >= 15 is 0 Å². The Bertz CT molecular complexity index is 1240. The summed E-state index contributed by atoms with van der Waals surface area (Å²) in [5.41, 5.74) is 1.59. The van der Waals surface area contributed by atoms with Gasteiger partial charge in [0.2, 0.25) is 0 Å². The fraction of sp³-hybridized carbons (Fsp3) is 0.440. The molecule has 0 saturated carbocycles. The van der Waals surface area contributed by atoms with E-state index in [2.05, 4.69) is 31.1 Å². The van der Waals surface area contributed by atoms with Gasteiger partial charge < -0.3 is 19.5 Å². The topological polar surface area (TPSA) is 102 Å². The van der Waals surface area contributed by atoms with Crippen LogP contribution in [-0.2, 0) is 23.8 Å². The van der Waals surface area contributed by atoms with Crippen molar-refractivity contribution in [3.63, 3.8) is 0 Å². The predicted octanol–water partition coefficient (Wildman–Crippen LogP) is 3.22. The molecule has 1 N–H and O–H groups in total. The van der Waals surface area contributed by atoms with Crippen molar-refractivity contribution in [2.45, 2.75) is 31.0 Å². The van der Waals surface area contributed by atoms with Crippen molar-refractivity contribution in [2.75, 3.05) is 34.0 Å². The number of aromatic nitrogens is 1. The molecule has 3 atom stereocenters. The molecule has 0 aliphatic carbocycles. The number of rotatable bonds is 6. The number of aliphatic imine (C=N–C) groups is 1. The van der Waals surface area contributed by atoms with Crippen molar-refractivity contribution in [3.8, 4) is 0 Å². The molecule has 2 saturated heterocycles. The third kappa shape index (κ3) is 5.20. The van der Waals surface area contributed by atoms with Gasteiger partial charge in [-0.1, -0.05) is 22.0 Å². The third-order valence-corrected chi connectivity index (χ3v) is 8.44. The number of hydrogen-bond acceptors (Lipinski definition) is 10. The van der Waals surface area contributed by atoms with Gasteiger partial charge >= 0.3 is 11.9 Å². The minimum atomic E-state index is -0.749. The zero-order valence-electron chi connectivity index (χ0n) is 20.3. The minimum absolute atomic E-state index is 0.0250. The lowest BCUT2D eigenvalue weighted by Crippen LogP contribution is -2.59. The molecule has 37 heavy (non-hydrogen) atoms. The predicted molar refractivity (Wildman–Crippen MR) is 138 cm³/mol. The lowest BCUT2D eigenvalue weighted by molar-refractivity contribution is -0.153. The highest BCUT2D eigenvalue weighted by atomic mass is 79.9. The normalized spacial score (nSPS) is 25.8. The zero-order valence-corrected chi connectivity index (χ0v) is 22.7. The Morgan fingerprint density at radius 2 is 2.00 bits per heavy atom. The SMILES string of the molecule is COC(=O)C1=C(CN2C3COCC2CC(C(=O)OC)C3)NC(c2nccs2)=NC1c1ccc(F)cc1Br. The monoisotopic (exact) mass is 592 g/mol. The van der Waals surface area contributed by atoms with E-state index in [4.69, 9.17) is 19.2 Å². The third-order valence-electron chi connectivity index (χ3n) is 6.97. The first kappa shape index (κ1) is 26.0. The number of carbonyl (C=O) groups excluding carboxylic acids is 2. The van der Waals surface area contributed by atoms with Crippen LogP contribution in [0.25, 0.3) is 0 Å². The molecule has 196 valence electrons. The number of thiazole rings is 1. The first-order valence-corrected chi connectivity index (χ1v) is 13.5. The molecule has 5 rings (SSSR count). The molecule has 2 fully saturated rings. The summed E-state index contributed by atoms with van der Waals surface area (Å²) in [7, 11) is 2.74. The van der Waals surface area contributed by atoms with Crippen LogP contribution in [0.1, 0.15) is 29.5 Å². The molecule has 4 heterocycles. The summed E-state index contributed by atoms with van der Waals surface area (Å²) in [6, 6.07) is 3.51. The van der Waals surface area contributed by atoms with Gasteiger partial charge in [0.15, 0.2) is 10.8 Å². The van der Waals surface area contributed by atoms with Gasteiger partial charge in [0.1, 0.15) is 11.9 Å². The van der Waals surface area contributed by atoms with Crippen molar-refractivity contribution in [3.05, 3.63) is 61.9 Å². The number of amidine groups is 1. The van der Waals surface area contributed by atoms with Crippen molar-refractivity contribution in [1.29, 1.82) is 0 Å². The quantitative estimate of drug-likeness (QED) is 0.510. The molecule has 2 aromatic rings. The number of hydrogen-bond donors (Lipinski definition) is 1. The van der Waals surface area contributed by atoms with E-state index in [-0.39, 0.29) is 24.0 Å². The van der Waals surface area contributed by atoms with E-state index in [9.17, 15) is 14.0 Å². The summed E-state index contributed by atoms with van der Waals surface area (Å²) >= 11 is 4.87. The first-order valence-electron chi connectivity index (χ1n) is 11.8. The zero-order chi connectivity index (χ0) is 26.1. The number of benzene rings is 1. The summed E-state index contributed by atoms with van der Waals surface area (Å²) in [6.45, 7) is 1.34. The van der Waals surface area contributed by atoms with Crippen molar-refractivity contribution >= 4 is 45.0 Å². The van der Waals surface area contributed by atoms with Crippen LogP contribution < -0.4 is 5.32 Å². The van der Waals surface area contributed by atoms with Gasteiger partial charge in [-0.2, -0.15) is 0 Å². The lowest BCUT2D eigenvalue weighted by atomic mass is 9.84. The average molecular weight is 593 g/mol. The molecule has 0 amide bonds. The Kier molecular flexibility index (Phi) is 7.70. The summed E-state index contributed by atoms with van der Waals surface area (Å²) < 4.78 is 30.4. The van der Waals surface area contributed by atoms with Crippen LogP contribution in [0.3, 0.4) is 0 Å². The van der Waals surface area contributed by atoms with E-state index in [1.165, 1.54) is 37.7 Å². The number of nitrogens with one attached hydrogen (secondary N) is 1. The molecule has 1 aromatic carbocycles. The van der Waals surface area contributed by atoms with Gasteiger partial charge in [-0.05, 0) is 30.5 Å². The maximum atomic E-state index is 13.9. The number of nitrogens with zero attached hydrogens (tertiary/aromatic N) is 3. The van der Waals surface area contributed by atoms with Crippen molar-refractivity contribution in [1.82, 2.24) is 15.2 Å². The minimum Gasteiger partial charge on any atom is -0.469 e. The summed E-state index contributed by atoms with van der Waals surface area (Å²) in [5.74, 6) is -0.815. The van der Waals surface area contributed by atoms with Crippen molar-refractivity contribution in [2.24, 2.45) is 10.9 Å². The molecule has 3 aliphatic heterocycles. The van der Waals surface area contributed by atoms with Crippen molar-refractivity contribution < 1.29 is 28.2 Å². The second-order valence-electron chi connectivity index (χ2n) is 9.10. The smallest absolute Gasteiger partial charge is 0.338 e. The van der Waals surface area contributed by atoms with Crippen LogP contribution in [0.2, 0.25) is 0 Å². The van der Waals surface area contributed by atoms with E-state index in [1.54, 1.807) is 12.3 Å². The molecule has 2 bridgehead atoms. The van der Waals surface area contributed by atoms with E-state index < -0.39 is 17.8 Å². The Labute approximate surface area is 225 Å². The summed E-state index contributed by atoms with van der Waals surface area (Å²) in [4.78, 5) is 37.0. The van der Waals surface area contributed by atoms with Crippen LogP contribution in [0.15, 0.2) is 50.5 Å². The van der Waals surface area contributed by atoms with E-state index in [1.807, 2.05) is 5.38 Å². The molecule has 3 aliphatic rings. The van der Waals surface area contributed by atoms with Gasteiger partial charge in [-0.3, -0.25) is 14.7 Å². The highest BCUT2D eigenvalue weighted by Crippen LogP contribution is 2.39. The van der Waals surface area contributed by atoms with Crippen LogP contribution in [0.5, 0.6) is 0 Å². The molecule has 3 unspecified atom stereocenters. The Balaban J connectivity index is 1.56. The molecular weight excluding hydrogens is 567 g/mol. The van der Waals surface area contributed by atoms with Crippen LogP contribution in [0.4, 0.5) is 4.39 Å². The number of carbonyl (C=O) groups is 2. The van der Waals surface area contributed by atoms with Gasteiger partial charge in [0.05, 0.1) is 38.9 Å². The van der Waals surface area contributed by atoms with Gasteiger partial charge in [-0.15, -0.1) is 11.3 Å². The second kappa shape index (κ2) is 11.0. The number of methoxy groups -OCH3 is 2. The Morgan fingerprint density at radius 3 is 2.62 bits per heavy atom. The molecular formula is C25H26BrFN4O5S. The number of halogens is 2. The molecule has 9 nitrogen and oxygen atoms in total. The maximum Gasteiger partial charge on any atom is 0.338 e. The van der Waals surface area contributed by atoms with Gasteiger partial charge in [0.25, 0.3) is 0 Å². The average Bonchev–Trinajstić information content (AvgIpc) is 3.42. The largest absolute Gasteiger partial charge is 0.469 e. The molecule has 0 radical (unpaired) electrons. The highest BCUT2D eigenvalue weighted by molar-refractivity contribution is 9.10. The molecule has 1 aromatic heterocycles. The fourth-order valence-corrected chi connectivity index (χ4v) is 6.41. The Morgan fingerprint density at radius 1 is 1.24 bits per heavy atom. The maximum absolute atomic E-state index is 13.9. The van der Waals surface area contributed by atoms with Crippen LogP contribution >= 0.6 is 27.3 Å². The number of fused-ring (bicyclic) bond motifs is 2. The molecule has 0 spiro atoms. The van der Waals surface area contributed by atoms with Crippen LogP contribution in [-0.4, -0.2) is 73.7 Å².